The van der Waals surface area contributed by atoms with Crippen molar-refractivity contribution in [3.63, 3.8) is 0 Å². The SMILES string of the molecule is COCCC(Nc1ncc(F)cn1)C(=O)O. The van der Waals surface area contributed by atoms with Gasteiger partial charge in [0.05, 0.1) is 12.4 Å². The van der Waals surface area contributed by atoms with Crippen LogP contribution in [0.25, 0.3) is 0 Å². The first-order chi connectivity index (χ1) is 7.63. The van der Waals surface area contributed by atoms with Crippen LogP contribution < -0.4 is 5.32 Å². The minimum Gasteiger partial charge on any atom is -0.480 e. The third-order valence-electron chi connectivity index (χ3n) is 1.83. The van der Waals surface area contributed by atoms with Gasteiger partial charge in [0.25, 0.3) is 0 Å². The van der Waals surface area contributed by atoms with E-state index in [1.54, 1.807) is 0 Å². The molecule has 1 atom stereocenters. The lowest BCUT2D eigenvalue weighted by molar-refractivity contribution is -0.138. The average molecular weight is 229 g/mol. The summed E-state index contributed by atoms with van der Waals surface area (Å²) in [6.45, 7) is 0.297. The van der Waals surface area contributed by atoms with Crippen molar-refractivity contribution in [1.82, 2.24) is 9.97 Å². The van der Waals surface area contributed by atoms with E-state index in [-0.39, 0.29) is 12.4 Å². The number of halogens is 1. The summed E-state index contributed by atoms with van der Waals surface area (Å²) in [5.41, 5.74) is 0. The van der Waals surface area contributed by atoms with E-state index in [1.807, 2.05) is 0 Å². The van der Waals surface area contributed by atoms with Crippen molar-refractivity contribution >= 4 is 11.9 Å². The Morgan fingerprint density at radius 1 is 1.62 bits per heavy atom. The van der Waals surface area contributed by atoms with Gasteiger partial charge in [-0.15, -0.1) is 0 Å². The first kappa shape index (κ1) is 12.3. The fraction of sp³-hybridized carbons (Fsp3) is 0.444. The van der Waals surface area contributed by atoms with E-state index >= 15 is 0 Å². The van der Waals surface area contributed by atoms with Crippen LogP contribution in [-0.2, 0) is 9.53 Å². The third kappa shape index (κ3) is 3.77. The minimum absolute atomic E-state index is 0.0740. The molecule has 0 bridgehead atoms. The van der Waals surface area contributed by atoms with Crippen LogP contribution in [-0.4, -0.2) is 40.8 Å². The molecule has 0 aliphatic carbocycles. The van der Waals surface area contributed by atoms with Gasteiger partial charge in [0, 0.05) is 20.1 Å². The predicted octanol–water partition coefficient (Wildman–Crippen LogP) is 0.517. The number of rotatable bonds is 6. The number of anilines is 1. The minimum atomic E-state index is -1.04. The van der Waals surface area contributed by atoms with Crippen molar-refractivity contribution in [2.24, 2.45) is 0 Å². The highest BCUT2D eigenvalue weighted by Crippen LogP contribution is 2.04. The lowest BCUT2D eigenvalue weighted by Crippen LogP contribution is -2.31. The summed E-state index contributed by atoms with van der Waals surface area (Å²) >= 11 is 0. The Morgan fingerprint density at radius 3 is 2.75 bits per heavy atom. The standard InChI is InChI=1S/C9H12FN3O3/c1-16-3-2-7(8(14)15)13-9-11-4-6(10)5-12-9/h4-5,7H,2-3H2,1H3,(H,14,15)(H,11,12,13). The summed E-state index contributed by atoms with van der Waals surface area (Å²) in [5.74, 6) is -1.54. The molecule has 88 valence electrons. The molecule has 1 aromatic rings. The van der Waals surface area contributed by atoms with Gasteiger partial charge in [0.1, 0.15) is 6.04 Å². The summed E-state index contributed by atoms with van der Waals surface area (Å²) in [4.78, 5) is 18.0. The Kier molecular flexibility index (Phi) is 4.59. The summed E-state index contributed by atoms with van der Waals surface area (Å²) in [6, 6.07) is -0.856. The van der Waals surface area contributed by atoms with Gasteiger partial charge in [-0.05, 0) is 0 Å². The number of nitrogens with zero attached hydrogens (tertiary/aromatic N) is 2. The summed E-state index contributed by atoms with van der Waals surface area (Å²) in [6.07, 6.45) is 2.20. The molecular formula is C9H12FN3O3. The van der Waals surface area contributed by atoms with Crippen LogP contribution in [0.3, 0.4) is 0 Å². The molecule has 0 aromatic carbocycles. The fourth-order valence-corrected chi connectivity index (χ4v) is 1.04. The van der Waals surface area contributed by atoms with Gasteiger partial charge in [-0.2, -0.15) is 0 Å². The molecule has 1 heterocycles. The monoisotopic (exact) mass is 229 g/mol. The number of aromatic nitrogens is 2. The van der Waals surface area contributed by atoms with Gasteiger partial charge in [-0.1, -0.05) is 0 Å². The summed E-state index contributed by atoms with van der Waals surface area (Å²) in [7, 11) is 1.48. The lowest BCUT2D eigenvalue weighted by atomic mass is 10.2. The molecule has 0 spiro atoms. The van der Waals surface area contributed by atoms with Crippen LogP contribution in [0.4, 0.5) is 10.3 Å². The highest BCUT2D eigenvalue weighted by atomic mass is 19.1. The Hall–Kier alpha value is -1.76. The molecule has 1 aromatic heterocycles. The molecule has 0 saturated heterocycles. The number of nitrogens with one attached hydrogen (secondary N) is 1. The van der Waals surface area contributed by atoms with E-state index in [0.29, 0.717) is 6.61 Å². The quantitative estimate of drug-likeness (QED) is 0.739. The van der Waals surface area contributed by atoms with Crippen molar-refractivity contribution in [3.05, 3.63) is 18.2 Å². The van der Waals surface area contributed by atoms with Crippen LogP contribution in [0.2, 0.25) is 0 Å². The normalized spacial score (nSPS) is 12.1. The van der Waals surface area contributed by atoms with E-state index in [0.717, 1.165) is 12.4 Å². The smallest absolute Gasteiger partial charge is 0.326 e. The molecule has 6 nitrogen and oxygen atoms in total. The zero-order valence-electron chi connectivity index (χ0n) is 8.68. The van der Waals surface area contributed by atoms with Crippen molar-refractivity contribution < 1.29 is 19.0 Å². The van der Waals surface area contributed by atoms with Crippen LogP contribution in [0, 0.1) is 5.82 Å². The molecule has 2 N–H and O–H groups in total. The average Bonchev–Trinajstić information content (AvgIpc) is 2.26. The number of methoxy groups -OCH3 is 1. The summed E-state index contributed by atoms with van der Waals surface area (Å²) in [5, 5.41) is 11.4. The Morgan fingerprint density at radius 2 is 2.25 bits per heavy atom. The van der Waals surface area contributed by atoms with E-state index in [1.165, 1.54) is 7.11 Å². The zero-order chi connectivity index (χ0) is 12.0. The van der Waals surface area contributed by atoms with Crippen molar-refractivity contribution in [2.75, 3.05) is 19.0 Å². The van der Waals surface area contributed by atoms with E-state index < -0.39 is 17.8 Å². The van der Waals surface area contributed by atoms with E-state index in [4.69, 9.17) is 9.84 Å². The van der Waals surface area contributed by atoms with Crippen LogP contribution in [0.15, 0.2) is 12.4 Å². The third-order valence-corrected chi connectivity index (χ3v) is 1.83. The molecule has 0 saturated carbocycles. The molecular weight excluding hydrogens is 217 g/mol. The fourth-order valence-electron chi connectivity index (χ4n) is 1.04. The van der Waals surface area contributed by atoms with Crippen LogP contribution in [0.5, 0.6) is 0 Å². The van der Waals surface area contributed by atoms with Gasteiger partial charge in [-0.3, -0.25) is 0 Å². The number of carbonyl (C=O) groups is 1. The second-order valence-corrected chi connectivity index (χ2v) is 3.04. The van der Waals surface area contributed by atoms with E-state index in [9.17, 15) is 9.18 Å². The molecule has 0 aliphatic heterocycles. The zero-order valence-corrected chi connectivity index (χ0v) is 8.68. The molecule has 16 heavy (non-hydrogen) atoms. The van der Waals surface area contributed by atoms with Gasteiger partial charge in [0.2, 0.25) is 5.95 Å². The highest BCUT2D eigenvalue weighted by molar-refractivity contribution is 5.76. The second kappa shape index (κ2) is 5.96. The molecule has 0 radical (unpaired) electrons. The summed E-state index contributed by atoms with van der Waals surface area (Å²) < 4.78 is 17.3. The Balaban J connectivity index is 2.60. The Labute approximate surface area is 91.5 Å². The number of hydrogen-bond acceptors (Lipinski definition) is 5. The number of hydrogen-bond donors (Lipinski definition) is 2. The van der Waals surface area contributed by atoms with Crippen molar-refractivity contribution in [1.29, 1.82) is 0 Å². The molecule has 7 heteroatoms. The molecule has 0 aliphatic rings. The first-order valence-electron chi connectivity index (χ1n) is 4.59. The van der Waals surface area contributed by atoms with E-state index in [2.05, 4.69) is 15.3 Å². The maximum absolute atomic E-state index is 12.5. The molecule has 1 unspecified atom stereocenters. The second-order valence-electron chi connectivity index (χ2n) is 3.04. The van der Waals surface area contributed by atoms with Gasteiger partial charge in [-0.25, -0.2) is 19.2 Å². The Bertz CT molecular complexity index is 344. The van der Waals surface area contributed by atoms with Crippen LogP contribution >= 0.6 is 0 Å². The first-order valence-corrected chi connectivity index (χ1v) is 4.59. The van der Waals surface area contributed by atoms with Crippen molar-refractivity contribution in [2.45, 2.75) is 12.5 Å². The lowest BCUT2D eigenvalue weighted by Gasteiger charge is -2.13. The number of carboxylic acids is 1. The number of ether oxygens (including phenoxy) is 1. The number of carboxylic acid groups (broad SMARTS) is 1. The molecule has 0 fully saturated rings. The maximum Gasteiger partial charge on any atom is 0.326 e. The van der Waals surface area contributed by atoms with Crippen LogP contribution in [0.1, 0.15) is 6.42 Å². The van der Waals surface area contributed by atoms with Gasteiger partial charge < -0.3 is 15.2 Å². The van der Waals surface area contributed by atoms with Gasteiger partial charge >= 0.3 is 5.97 Å². The largest absolute Gasteiger partial charge is 0.480 e. The van der Waals surface area contributed by atoms with Crippen molar-refractivity contribution in [3.8, 4) is 0 Å². The number of aliphatic carboxylic acids is 1. The maximum atomic E-state index is 12.5. The molecule has 1 rings (SSSR count). The highest BCUT2D eigenvalue weighted by Gasteiger charge is 2.17. The molecule has 0 amide bonds. The van der Waals surface area contributed by atoms with Gasteiger partial charge in [0.15, 0.2) is 5.82 Å². The topological polar surface area (TPSA) is 84.3 Å². The predicted molar refractivity (Wildman–Crippen MR) is 53.5 cm³/mol.